The molecule has 39 heavy (non-hydrogen) atoms. The van der Waals surface area contributed by atoms with Gasteiger partial charge in [-0.2, -0.15) is 0 Å². The van der Waals surface area contributed by atoms with E-state index < -0.39 is 0 Å². The number of benzene rings is 3. The summed E-state index contributed by atoms with van der Waals surface area (Å²) < 4.78 is 6.59. The lowest BCUT2D eigenvalue weighted by Gasteiger charge is -2.34. The van der Waals surface area contributed by atoms with Crippen LogP contribution in [0.4, 0.5) is 16.2 Å². The molecule has 3 aromatic carbocycles. The Balaban J connectivity index is 1.56. The van der Waals surface area contributed by atoms with Gasteiger partial charge in [-0.05, 0) is 49.9 Å². The Morgan fingerprint density at radius 3 is 2.41 bits per heavy atom. The highest BCUT2D eigenvalue weighted by molar-refractivity contribution is 5.99. The predicted molar refractivity (Wildman–Crippen MR) is 154 cm³/mol. The number of nitrogens with one attached hydrogen (secondary N) is 2. The standard InChI is InChI=1S/C31H38N4O4/c1-22-18-35(23(2)21-36)30(37)17-25-16-27(33-31(38)32-26-12-8-5-9-13-26)14-15-28(25)39-29(22)20-34(3)19-24-10-6-4-7-11-24/h4-16,22-23,29,36H,17-21H2,1-3H3,(H2,32,33,38)/t22-,23-,29-/m0/s1. The summed E-state index contributed by atoms with van der Waals surface area (Å²) in [7, 11) is 2.06. The van der Waals surface area contributed by atoms with E-state index in [2.05, 4.69) is 41.6 Å². The van der Waals surface area contributed by atoms with Crippen molar-refractivity contribution in [1.29, 1.82) is 0 Å². The Hall–Kier alpha value is -3.88. The number of carbonyl (C=O) groups excluding carboxylic acids is 2. The molecule has 1 heterocycles. The maximum atomic E-state index is 13.4. The molecule has 0 saturated heterocycles. The molecule has 4 rings (SSSR count). The van der Waals surface area contributed by atoms with Crippen molar-refractivity contribution in [2.75, 3.05) is 37.4 Å². The molecule has 3 N–H and O–H groups in total. The van der Waals surface area contributed by atoms with Crippen LogP contribution in [0.25, 0.3) is 0 Å². The second kappa shape index (κ2) is 13.3. The quantitative estimate of drug-likeness (QED) is 0.395. The Kier molecular flexibility index (Phi) is 9.57. The highest BCUT2D eigenvalue weighted by atomic mass is 16.5. The zero-order valence-electron chi connectivity index (χ0n) is 22.8. The summed E-state index contributed by atoms with van der Waals surface area (Å²) in [6, 6.07) is 24.2. The number of rotatable bonds is 8. The van der Waals surface area contributed by atoms with E-state index in [4.69, 9.17) is 4.74 Å². The van der Waals surface area contributed by atoms with Crippen molar-refractivity contribution in [2.45, 2.75) is 39.0 Å². The summed E-state index contributed by atoms with van der Waals surface area (Å²) in [6.07, 6.45) is -0.0913. The van der Waals surface area contributed by atoms with Gasteiger partial charge in [0.15, 0.2) is 0 Å². The number of amides is 3. The fourth-order valence-electron chi connectivity index (χ4n) is 4.81. The van der Waals surface area contributed by atoms with Crippen LogP contribution in [0.15, 0.2) is 78.9 Å². The third kappa shape index (κ3) is 7.81. The highest BCUT2D eigenvalue weighted by Crippen LogP contribution is 2.29. The Bertz CT molecular complexity index is 1240. The molecule has 0 radical (unpaired) electrons. The van der Waals surface area contributed by atoms with Gasteiger partial charge in [0.1, 0.15) is 11.9 Å². The average Bonchev–Trinajstić information content (AvgIpc) is 2.97. The minimum Gasteiger partial charge on any atom is -0.488 e. The number of anilines is 2. The number of ether oxygens (including phenoxy) is 1. The van der Waals surface area contributed by atoms with E-state index in [0.29, 0.717) is 35.8 Å². The smallest absolute Gasteiger partial charge is 0.323 e. The van der Waals surface area contributed by atoms with E-state index >= 15 is 0 Å². The molecular formula is C31H38N4O4. The van der Waals surface area contributed by atoms with E-state index in [1.165, 1.54) is 5.56 Å². The minimum atomic E-state index is -0.374. The number of hydrogen-bond acceptors (Lipinski definition) is 5. The molecule has 0 fully saturated rings. The lowest BCUT2D eigenvalue weighted by Crippen LogP contribution is -2.47. The van der Waals surface area contributed by atoms with Crippen LogP contribution >= 0.6 is 0 Å². The van der Waals surface area contributed by atoms with Crippen molar-refractivity contribution >= 4 is 23.3 Å². The summed E-state index contributed by atoms with van der Waals surface area (Å²) >= 11 is 0. The number of aliphatic hydroxyl groups excluding tert-OH is 1. The van der Waals surface area contributed by atoms with Crippen molar-refractivity contribution in [3.8, 4) is 5.75 Å². The summed E-state index contributed by atoms with van der Waals surface area (Å²) in [5.74, 6) is 0.555. The van der Waals surface area contributed by atoms with E-state index in [1.54, 1.807) is 17.0 Å². The molecule has 8 nitrogen and oxygen atoms in total. The minimum absolute atomic E-state index is 0.0153. The molecule has 1 aliphatic heterocycles. The second-order valence-corrected chi connectivity index (χ2v) is 10.3. The molecule has 0 aliphatic carbocycles. The van der Waals surface area contributed by atoms with Crippen molar-refractivity contribution in [3.63, 3.8) is 0 Å². The number of para-hydroxylation sites is 1. The summed E-state index contributed by atoms with van der Waals surface area (Å²) in [4.78, 5) is 30.0. The van der Waals surface area contributed by atoms with Gasteiger partial charge in [0.05, 0.1) is 19.1 Å². The SMILES string of the molecule is C[C@H]1CN([C@@H](C)CO)C(=O)Cc2cc(NC(=O)Nc3ccccc3)ccc2O[C@H]1CN(C)Cc1ccccc1. The fourth-order valence-corrected chi connectivity index (χ4v) is 4.81. The number of fused-ring (bicyclic) bond motifs is 1. The molecule has 1 aliphatic rings. The zero-order chi connectivity index (χ0) is 27.8. The van der Waals surface area contributed by atoms with Crippen molar-refractivity contribution in [1.82, 2.24) is 9.80 Å². The first-order chi connectivity index (χ1) is 18.8. The monoisotopic (exact) mass is 530 g/mol. The van der Waals surface area contributed by atoms with E-state index in [9.17, 15) is 14.7 Å². The van der Waals surface area contributed by atoms with Crippen LogP contribution in [0.5, 0.6) is 5.75 Å². The van der Waals surface area contributed by atoms with Gasteiger partial charge in [0.2, 0.25) is 5.91 Å². The molecular weight excluding hydrogens is 492 g/mol. The van der Waals surface area contributed by atoms with Crippen LogP contribution in [0.1, 0.15) is 25.0 Å². The number of urea groups is 1. The number of likely N-dealkylation sites (N-methyl/N-ethyl adjacent to an activating group) is 1. The second-order valence-electron chi connectivity index (χ2n) is 10.3. The van der Waals surface area contributed by atoms with Crippen molar-refractivity contribution in [3.05, 3.63) is 90.0 Å². The third-order valence-electron chi connectivity index (χ3n) is 6.99. The van der Waals surface area contributed by atoms with Crippen LogP contribution < -0.4 is 15.4 Å². The number of nitrogens with zero attached hydrogens (tertiary/aromatic N) is 2. The first-order valence-electron chi connectivity index (χ1n) is 13.4. The van der Waals surface area contributed by atoms with Crippen LogP contribution in [0.2, 0.25) is 0 Å². The van der Waals surface area contributed by atoms with Crippen LogP contribution in [-0.2, 0) is 17.8 Å². The normalized spacial score (nSPS) is 18.3. The van der Waals surface area contributed by atoms with Gasteiger partial charge in [-0.25, -0.2) is 4.79 Å². The Morgan fingerprint density at radius 1 is 1.05 bits per heavy atom. The van der Waals surface area contributed by atoms with Crippen LogP contribution in [0.3, 0.4) is 0 Å². The lowest BCUT2D eigenvalue weighted by molar-refractivity contribution is -0.134. The summed E-state index contributed by atoms with van der Waals surface area (Å²) in [5, 5.41) is 15.5. The first-order valence-corrected chi connectivity index (χ1v) is 13.4. The lowest BCUT2D eigenvalue weighted by atomic mass is 10.0. The molecule has 8 heteroatoms. The molecule has 206 valence electrons. The van der Waals surface area contributed by atoms with Crippen molar-refractivity contribution < 1.29 is 19.4 Å². The van der Waals surface area contributed by atoms with E-state index in [-0.39, 0.29) is 43.0 Å². The summed E-state index contributed by atoms with van der Waals surface area (Å²) in [6.45, 7) is 5.72. The van der Waals surface area contributed by atoms with E-state index in [0.717, 1.165) is 6.54 Å². The molecule has 3 amide bonds. The Morgan fingerprint density at radius 2 is 1.72 bits per heavy atom. The topological polar surface area (TPSA) is 94.1 Å². The maximum Gasteiger partial charge on any atom is 0.323 e. The molecule has 0 unspecified atom stereocenters. The van der Waals surface area contributed by atoms with Gasteiger partial charge in [-0.15, -0.1) is 0 Å². The largest absolute Gasteiger partial charge is 0.488 e. The predicted octanol–water partition coefficient (Wildman–Crippen LogP) is 4.61. The fraction of sp³-hybridized carbons (Fsp3) is 0.355. The molecule has 0 aromatic heterocycles. The first kappa shape index (κ1) is 28.1. The van der Waals surface area contributed by atoms with Crippen LogP contribution in [-0.4, -0.2) is 65.7 Å². The molecule has 3 aromatic rings. The number of aliphatic hydroxyl groups is 1. The zero-order valence-corrected chi connectivity index (χ0v) is 22.8. The molecule has 0 saturated carbocycles. The van der Waals surface area contributed by atoms with Gasteiger partial charge < -0.3 is 25.4 Å². The third-order valence-corrected chi connectivity index (χ3v) is 6.99. The maximum absolute atomic E-state index is 13.4. The number of carbonyl (C=O) groups is 2. The van der Waals surface area contributed by atoms with Gasteiger partial charge in [0.25, 0.3) is 0 Å². The molecule has 0 spiro atoms. The molecule has 3 atom stereocenters. The van der Waals surface area contributed by atoms with Gasteiger partial charge >= 0.3 is 6.03 Å². The average molecular weight is 531 g/mol. The van der Waals surface area contributed by atoms with E-state index in [1.807, 2.05) is 61.5 Å². The summed E-state index contributed by atoms with van der Waals surface area (Å²) in [5.41, 5.74) is 3.15. The molecule has 0 bridgehead atoms. The van der Waals surface area contributed by atoms with Crippen LogP contribution in [0, 0.1) is 5.92 Å². The van der Waals surface area contributed by atoms with Gasteiger partial charge in [-0.1, -0.05) is 55.5 Å². The Labute approximate surface area is 230 Å². The van der Waals surface area contributed by atoms with Gasteiger partial charge in [-0.3, -0.25) is 9.69 Å². The highest BCUT2D eigenvalue weighted by Gasteiger charge is 2.31. The van der Waals surface area contributed by atoms with Crippen molar-refractivity contribution in [2.24, 2.45) is 5.92 Å². The van der Waals surface area contributed by atoms with Gasteiger partial charge in [0, 0.05) is 42.5 Å². The number of hydrogen-bond donors (Lipinski definition) is 3.